The molecule has 0 aromatic rings. The molecule has 1 aliphatic rings. The molecule has 1 saturated carbocycles. The van der Waals surface area contributed by atoms with Crippen molar-refractivity contribution < 1.29 is 9.90 Å². The van der Waals surface area contributed by atoms with Gasteiger partial charge in [-0.15, -0.1) is 11.6 Å². The van der Waals surface area contributed by atoms with Crippen molar-refractivity contribution in [2.45, 2.75) is 37.8 Å². The highest BCUT2D eigenvalue weighted by molar-refractivity contribution is 6.27. The van der Waals surface area contributed by atoms with Gasteiger partial charge in [-0.05, 0) is 12.8 Å². The minimum atomic E-state index is -0.370. The molecule has 1 amide bonds. The molecule has 0 radical (unpaired) electrons. The van der Waals surface area contributed by atoms with Crippen LogP contribution in [0, 0.1) is 0 Å². The van der Waals surface area contributed by atoms with Gasteiger partial charge in [-0.3, -0.25) is 4.79 Å². The predicted molar refractivity (Wildman–Crippen MR) is 51.8 cm³/mol. The molecule has 0 aromatic carbocycles. The highest BCUT2D eigenvalue weighted by Gasteiger charge is 2.28. The lowest BCUT2D eigenvalue weighted by Crippen LogP contribution is -2.46. The van der Waals surface area contributed by atoms with Crippen LogP contribution in [0.5, 0.6) is 0 Å². The van der Waals surface area contributed by atoms with E-state index in [1.54, 1.807) is 11.9 Å². The van der Waals surface area contributed by atoms with Gasteiger partial charge in [0.15, 0.2) is 0 Å². The summed E-state index contributed by atoms with van der Waals surface area (Å²) in [4.78, 5) is 12.8. The second-order valence-corrected chi connectivity index (χ2v) is 3.82. The van der Waals surface area contributed by atoms with E-state index in [4.69, 9.17) is 11.6 Å². The van der Waals surface area contributed by atoms with Gasteiger partial charge < -0.3 is 10.0 Å². The molecule has 2 atom stereocenters. The molecule has 0 aromatic heterocycles. The van der Waals surface area contributed by atoms with Gasteiger partial charge in [0.1, 0.15) is 5.88 Å². The maximum atomic E-state index is 11.2. The quantitative estimate of drug-likeness (QED) is 0.683. The summed E-state index contributed by atoms with van der Waals surface area (Å²) in [5.74, 6) is -0.104. The average Bonchev–Trinajstić information content (AvgIpc) is 2.16. The highest BCUT2D eigenvalue weighted by Crippen LogP contribution is 2.22. The van der Waals surface area contributed by atoms with E-state index in [9.17, 15) is 9.90 Å². The molecule has 0 heterocycles. The summed E-state index contributed by atoms with van der Waals surface area (Å²) in [6.45, 7) is 0. The minimum absolute atomic E-state index is 0.000278. The number of aliphatic hydroxyl groups excluding tert-OH is 1. The maximum Gasteiger partial charge on any atom is 0.237 e. The summed E-state index contributed by atoms with van der Waals surface area (Å²) in [6, 6.07) is -0.0278. The van der Waals surface area contributed by atoms with E-state index in [-0.39, 0.29) is 23.9 Å². The molecule has 1 fully saturated rings. The van der Waals surface area contributed by atoms with Gasteiger partial charge in [-0.2, -0.15) is 0 Å². The van der Waals surface area contributed by atoms with E-state index in [2.05, 4.69) is 0 Å². The molecule has 0 spiro atoms. The third-order valence-corrected chi connectivity index (χ3v) is 2.93. The van der Waals surface area contributed by atoms with E-state index >= 15 is 0 Å². The van der Waals surface area contributed by atoms with Crippen molar-refractivity contribution in [1.82, 2.24) is 4.90 Å². The van der Waals surface area contributed by atoms with Crippen LogP contribution in [-0.2, 0) is 4.79 Å². The summed E-state index contributed by atoms with van der Waals surface area (Å²) in [6.07, 6.45) is 3.46. The van der Waals surface area contributed by atoms with Crippen molar-refractivity contribution in [1.29, 1.82) is 0 Å². The molecule has 1 aliphatic carbocycles. The first-order valence-corrected chi connectivity index (χ1v) is 5.20. The van der Waals surface area contributed by atoms with Gasteiger partial charge in [-0.1, -0.05) is 12.8 Å². The summed E-state index contributed by atoms with van der Waals surface area (Å²) >= 11 is 5.44. The second kappa shape index (κ2) is 4.82. The number of nitrogens with zero attached hydrogens (tertiary/aromatic N) is 1. The fourth-order valence-corrected chi connectivity index (χ4v) is 2.01. The van der Waals surface area contributed by atoms with Crippen molar-refractivity contribution in [3.05, 3.63) is 0 Å². The zero-order valence-corrected chi connectivity index (χ0v) is 8.63. The van der Waals surface area contributed by atoms with Gasteiger partial charge in [0.2, 0.25) is 5.91 Å². The van der Waals surface area contributed by atoms with Crippen LogP contribution in [0.1, 0.15) is 25.7 Å². The zero-order valence-electron chi connectivity index (χ0n) is 7.87. The normalized spacial score (nSPS) is 28.5. The van der Waals surface area contributed by atoms with Crippen molar-refractivity contribution >= 4 is 17.5 Å². The Bertz CT molecular complexity index is 186. The Balaban J connectivity index is 2.53. The smallest absolute Gasteiger partial charge is 0.237 e. The standard InChI is InChI=1S/C9H16ClNO2/c1-11(9(13)6-10)7-4-2-3-5-8(7)12/h7-8,12H,2-6H2,1H3/t7-,8-/m0/s1. The molecule has 3 nitrogen and oxygen atoms in total. The molecule has 13 heavy (non-hydrogen) atoms. The van der Waals surface area contributed by atoms with Crippen LogP contribution in [0.3, 0.4) is 0 Å². The lowest BCUT2D eigenvalue weighted by molar-refractivity contribution is -0.132. The van der Waals surface area contributed by atoms with Crippen molar-refractivity contribution in [3.63, 3.8) is 0 Å². The largest absolute Gasteiger partial charge is 0.391 e. The number of carbonyl (C=O) groups is 1. The van der Waals surface area contributed by atoms with Crippen LogP contribution >= 0.6 is 11.6 Å². The molecule has 76 valence electrons. The molecular formula is C9H16ClNO2. The number of halogens is 1. The first-order chi connectivity index (χ1) is 6.16. The van der Waals surface area contributed by atoms with E-state index in [1.807, 2.05) is 0 Å². The number of alkyl halides is 1. The zero-order chi connectivity index (χ0) is 9.84. The van der Waals surface area contributed by atoms with Gasteiger partial charge in [0, 0.05) is 7.05 Å². The van der Waals surface area contributed by atoms with E-state index < -0.39 is 0 Å². The van der Waals surface area contributed by atoms with Gasteiger partial charge in [0.25, 0.3) is 0 Å². The maximum absolute atomic E-state index is 11.2. The van der Waals surface area contributed by atoms with Crippen LogP contribution in [0.25, 0.3) is 0 Å². The number of likely N-dealkylation sites (N-methyl/N-ethyl adjacent to an activating group) is 1. The predicted octanol–water partition coefficient (Wildman–Crippen LogP) is 0.987. The highest BCUT2D eigenvalue weighted by atomic mass is 35.5. The average molecular weight is 206 g/mol. The van der Waals surface area contributed by atoms with Gasteiger partial charge in [-0.25, -0.2) is 0 Å². The fourth-order valence-electron chi connectivity index (χ4n) is 1.82. The second-order valence-electron chi connectivity index (χ2n) is 3.56. The van der Waals surface area contributed by atoms with E-state index in [1.165, 1.54) is 0 Å². The molecule has 0 bridgehead atoms. The molecule has 0 saturated heterocycles. The Kier molecular flexibility index (Phi) is 4.00. The Morgan fingerprint density at radius 3 is 2.69 bits per heavy atom. The molecule has 4 heteroatoms. The van der Waals surface area contributed by atoms with Crippen LogP contribution < -0.4 is 0 Å². The first-order valence-electron chi connectivity index (χ1n) is 4.66. The number of aliphatic hydroxyl groups is 1. The number of rotatable bonds is 2. The summed E-state index contributed by atoms with van der Waals surface area (Å²) < 4.78 is 0. The van der Waals surface area contributed by atoms with Crippen LogP contribution in [0.4, 0.5) is 0 Å². The first kappa shape index (κ1) is 10.8. The number of carbonyl (C=O) groups excluding carboxylic acids is 1. The molecule has 1 rings (SSSR count). The number of hydrogen-bond donors (Lipinski definition) is 1. The third kappa shape index (κ3) is 2.58. The summed E-state index contributed by atoms with van der Waals surface area (Å²) in [7, 11) is 1.71. The lowest BCUT2D eigenvalue weighted by Gasteiger charge is -2.34. The SMILES string of the molecule is CN(C(=O)CCl)[C@H]1CCCC[C@@H]1O. The fraction of sp³-hybridized carbons (Fsp3) is 0.889. The van der Waals surface area contributed by atoms with Gasteiger partial charge in [0.05, 0.1) is 12.1 Å². The van der Waals surface area contributed by atoms with Gasteiger partial charge >= 0.3 is 0 Å². The third-order valence-electron chi connectivity index (χ3n) is 2.70. The molecule has 0 aliphatic heterocycles. The Labute approximate surface area is 83.7 Å². The summed E-state index contributed by atoms with van der Waals surface area (Å²) in [5, 5.41) is 9.65. The van der Waals surface area contributed by atoms with Crippen LogP contribution in [0.15, 0.2) is 0 Å². The Hall–Kier alpha value is -0.280. The Morgan fingerprint density at radius 2 is 2.15 bits per heavy atom. The van der Waals surface area contributed by atoms with Crippen molar-refractivity contribution in [2.24, 2.45) is 0 Å². The topological polar surface area (TPSA) is 40.5 Å². The van der Waals surface area contributed by atoms with Crippen LogP contribution in [0.2, 0.25) is 0 Å². The number of hydrogen-bond acceptors (Lipinski definition) is 2. The minimum Gasteiger partial charge on any atom is -0.391 e. The van der Waals surface area contributed by atoms with E-state index in [0.29, 0.717) is 0 Å². The molecular weight excluding hydrogens is 190 g/mol. The van der Waals surface area contributed by atoms with Crippen molar-refractivity contribution in [2.75, 3.05) is 12.9 Å². The lowest BCUT2D eigenvalue weighted by atomic mass is 9.91. The van der Waals surface area contributed by atoms with E-state index in [0.717, 1.165) is 25.7 Å². The Morgan fingerprint density at radius 1 is 1.54 bits per heavy atom. The number of amides is 1. The molecule has 0 unspecified atom stereocenters. The van der Waals surface area contributed by atoms with Crippen molar-refractivity contribution in [3.8, 4) is 0 Å². The monoisotopic (exact) mass is 205 g/mol. The van der Waals surface area contributed by atoms with Crippen LogP contribution in [-0.4, -0.2) is 41.0 Å². The molecule has 1 N–H and O–H groups in total. The summed E-state index contributed by atoms with van der Waals surface area (Å²) in [5.41, 5.74) is 0.